The van der Waals surface area contributed by atoms with E-state index in [4.69, 9.17) is 0 Å². The topological polar surface area (TPSA) is 17.1 Å². The molecule has 0 heterocycles. The largest absolute Gasteiger partial charge is 0.298 e. The summed E-state index contributed by atoms with van der Waals surface area (Å²) >= 11 is 0. The molecule has 18 heavy (non-hydrogen) atoms. The van der Waals surface area contributed by atoms with Gasteiger partial charge in [-0.15, -0.1) is 0 Å². The Balaban J connectivity index is 2.72. The number of halogens is 1. The first-order chi connectivity index (χ1) is 8.52. The Labute approximate surface area is 106 Å². The minimum atomic E-state index is -0.326. The molecule has 0 aliphatic carbocycles. The summed E-state index contributed by atoms with van der Waals surface area (Å²) < 4.78 is 13.4. The summed E-state index contributed by atoms with van der Waals surface area (Å²) in [6, 6.07) is 8.31. The third-order valence-corrected chi connectivity index (χ3v) is 3.27. The van der Waals surface area contributed by atoms with Crippen LogP contribution in [0.1, 0.15) is 27.0 Å². The van der Waals surface area contributed by atoms with Crippen LogP contribution in [0, 0.1) is 26.6 Å². The maximum atomic E-state index is 13.4. The van der Waals surface area contributed by atoms with Crippen LogP contribution in [0.25, 0.3) is 11.1 Å². The number of aldehydes is 1. The molecule has 0 bridgehead atoms. The van der Waals surface area contributed by atoms with Crippen molar-refractivity contribution in [1.82, 2.24) is 0 Å². The van der Waals surface area contributed by atoms with E-state index in [9.17, 15) is 9.18 Å². The molecule has 0 atom stereocenters. The number of hydrogen-bond donors (Lipinski definition) is 0. The van der Waals surface area contributed by atoms with E-state index in [0.717, 1.165) is 23.0 Å². The Bertz CT molecular complexity index is 615. The zero-order chi connectivity index (χ0) is 13.3. The number of hydrogen-bond acceptors (Lipinski definition) is 1. The van der Waals surface area contributed by atoms with Crippen LogP contribution in [0.2, 0.25) is 0 Å². The lowest BCUT2D eigenvalue weighted by Gasteiger charge is -2.12. The van der Waals surface area contributed by atoms with E-state index in [-0.39, 0.29) is 5.82 Å². The van der Waals surface area contributed by atoms with Crippen LogP contribution in [-0.2, 0) is 0 Å². The molecule has 0 radical (unpaired) electrons. The lowest BCUT2D eigenvalue weighted by molar-refractivity contribution is 0.112. The molecule has 2 heteroatoms. The maximum absolute atomic E-state index is 13.4. The van der Waals surface area contributed by atoms with Crippen molar-refractivity contribution in [3.05, 3.63) is 58.4 Å². The molecule has 2 aromatic carbocycles. The second-order valence-electron chi connectivity index (χ2n) is 4.60. The molecule has 0 saturated heterocycles. The third-order valence-electron chi connectivity index (χ3n) is 3.27. The van der Waals surface area contributed by atoms with Crippen LogP contribution in [0.3, 0.4) is 0 Å². The normalized spacial score (nSPS) is 10.4. The average molecular weight is 242 g/mol. The van der Waals surface area contributed by atoms with Gasteiger partial charge in [0.1, 0.15) is 5.82 Å². The van der Waals surface area contributed by atoms with Gasteiger partial charge in [-0.1, -0.05) is 12.1 Å². The van der Waals surface area contributed by atoms with E-state index in [1.54, 1.807) is 0 Å². The third kappa shape index (κ3) is 2.19. The molecule has 0 aromatic heterocycles. The Morgan fingerprint density at radius 2 is 1.56 bits per heavy atom. The van der Waals surface area contributed by atoms with E-state index in [2.05, 4.69) is 6.07 Å². The van der Waals surface area contributed by atoms with Gasteiger partial charge in [0.25, 0.3) is 0 Å². The van der Waals surface area contributed by atoms with Gasteiger partial charge >= 0.3 is 0 Å². The molecule has 0 fully saturated rings. The molecule has 92 valence electrons. The minimum absolute atomic E-state index is 0.326. The lowest BCUT2D eigenvalue weighted by Crippen LogP contribution is -1.94. The van der Waals surface area contributed by atoms with Gasteiger partial charge in [0.15, 0.2) is 6.29 Å². The van der Waals surface area contributed by atoms with Gasteiger partial charge in [0.2, 0.25) is 0 Å². The Morgan fingerprint density at radius 3 is 2.22 bits per heavy atom. The predicted octanol–water partition coefficient (Wildman–Crippen LogP) is 4.23. The predicted molar refractivity (Wildman–Crippen MR) is 71.4 cm³/mol. The lowest BCUT2D eigenvalue weighted by atomic mass is 9.93. The van der Waals surface area contributed by atoms with Crippen LogP contribution in [0.4, 0.5) is 4.39 Å². The molecule has 2 rings (SSSR count). The zero-order valence-electron chi connectivity index (χ0n) is 10.8. The van der Waals surface area contributed by atoms with Crippen LogP contribution in [-0.4, -0.2) is 6.29 Å². The van der Waals surface area contributed by atoms with Gasteiger partial charge in [-0.25, -0.2) is 4.39 Å². The molecular weight excluding hydrogens is 227 g/mol. The number of carbonyl (C=O) groups excluding carboxylic acids is 1. The fourth-order valence-electron chi connectivity index (χ4n) is 2.12. The zero-order valence-corrected chi connectivity index (χ0v) is 10.8. The van der Waals surface area contributed by atoms with Gasteiger partial charge in [-0.2, -0.15) is 0 Å². The first-order valence-electron chi connectivity index (χ1n) is 5.86. The van der Waals surface area contributed by atoms with Crippen molar-refractivity contribution in [3.63, 3.8) is 0 Å². The summed E-state index contributed by atoms with van der Waals surface area (Å²) in [5.74, 6) is -0.326. The van der Waals surface area contributed by atoms with E-state index in [0.29, 0.717) is 11.1 Å². The number of benzene rings is 2. The SMILES string of the molecule is Cc1cc(C)c(-c2cc(F)ccc2C=O)cc1C. The molecular formula is C16H15FO. The smallest absolute Gasteiger partial charge is 0.150 e. The van der Waals surface area contributed by atoms with Gasteiger partial charge in [0.05, 0.1) is 0 Å². The molecule has 1 nitrogen and oxygen atoms in total. The highest BCUT2D eigenvalue weighted by Crippen LogP contribution is 2.29. The van der Waals surface area contributed by atoms with Crippen LogP contribution in [0.5, 0.6) is 0 Å². The van der Waals surface area contributed by atoms with Gasteiger partial charge in [-0.3, -0.25) is 4.79 Å². The summed E-state index contributed by atoms with van der Waals surface area (Å²) in [6.45, 7) is 6.03. The molecule has 0 aliphatic heterocycles. The van der Waals surface area contributed by atoms with Crippen molar-refractivity contribution in [2.45, 2.75) is 20.8 Å². The summed E-state index contributed by atoms with van der Waals surface area (Å²) in [4.78, 5) is 11.1. The Hall–Kier alpha value is -1.96. The number of rotatable bonds is 2. The quantitative estimate of drug-likeness (QED) is 0.720. The number of carbonyl (C=O) groups is 1. The Kier molecular flexibility index (Phi) is 3.28. The van der Waals surface area contributed by atoms with E-state index in [1.165, 1.54) is 23.8 Å². The minimum Gasteiger partial charge on any atom is -0.298 e. The molecule has 0 amide bonds. The Morgan fingerprint density at radius 1 is 0.889 bits per heavy atom. The van der Waals surface area contributed by atoms with Crippen LogP contribution < -0.4 is 0 Å². The van der Waals surface area contributed by atoms with Crippen molar-refractivity contribution < 1.29 is 9.18 Å². The molecule has 0 N–H and O–H groups in total. The summed E-state index contributed by atoms with van der Waals surface area (Å²) in [7, 11) is 0. The molecule has 0 unspecified atom stereocenters. The molecule has 0 saturated carbocycles. The second kappa shape index (κ2) is 4.73. The standard InChI is InChI=1S/C16H15FO/c1-10-6-12(3)15(7-11(10)2)16-8-14(17)5-4-13(16)9-18/h4-9H,1-3H3. The van der Waals surface area contributed by atoms with Crippen molar-refractivity contribution >= 4 is 6.29 Å². The van der Waals surface area contributed by atoms with E-state index in [1.807, 2.05) is 26.8 Å². The van der Waals surface area contributed by atoms with Crippen molar-refractivity contribution in [2.24, 2.45) is 0 Å². The molecule has 2 aromatic rings. The highest BCUT2D eigenvalue weighted by atomic mass is 19.1. The first-order valence-corrected chi connectivity index (χ1v) is 5.86. The monoisotopic (exact) mass is 242 g/mol. The first kappa shape index (κ1) is 12.5. The fraction of sp³-hybridized carbons (Fsp3) is 0.188. The van der Waals surface area contributed by atoms with Gasteiger partial charge < -0.3 is 0 Å². The second-order valence-corrected chi connectivity index (χ2v) is 4.60. The van der Waals surface area contributed by atoms with Crippen LogP contribution in [0.15, 0.2) is 30.3 Å². The van der Waals surface area contributed by atoms with Crippen molar-refractivity contribution in [3.8, 4) is 11.1 Å². The van der Waals surface area contributed by atoms with E-state index < -0.39 is 0 Å². The van der Waals surface area contributed by atoms with Crippen LogP contribution >= 0.6 is 0 Å². The van der Waals surface area contributed by atoms with Gasteiger partial charge in [0, 0.05) is 5.56 Å². The summed E-state index contributed by atoms with van der Waals surface area (Å²) in [5, 5.41) is 0. The highest BCUT2D eigenvalue weighted by molar-refractivity contribution is 5.88. The molecule has 0 spiro atoms. The maximum Gasteiger partial charge on any atom is 0.150 e. The number of aryl methyl sites for hydroxylation is 3. The summed E-state index contributed by atoms with van der Waals surface area (Å²) in [6.07, 6.45) is 0.767. The summed E-state index contributed by atoms with van der Waals surface area (Å²) in [5.41, 5.74) is 5.47. The van der Waals surface area contributed by atoms with Crippen molar-refractivity contribution in [1.29, 1.82) is 0 Å². The van der Waals surface area contributed by atoms with Crippen molar-refractivity contribution in [2.75, 3.05) is 0 Å². The van der Waals surface area contributed by atoms with E-state index >= 15 is 0 Å². The highest BCUT2D eigenvalue weighted by Gasteiger charge is 2.10. The average Bonchev–Trinajstić information content (AvgIpc) is 2.34. The fourth-order valence-corrected chi connectivity index (χ4v) is 2.12. The van der Waals surface area contributed by atoms with Gasteiger partial charge in [-0.05, 0) is 66.8 Å². The molecule has 0 aliphatic rings.